The van der Waals surface area contributed by atoms with Gasteiger partial charge >= 0.3 is 0 Å². The molecule has 1 fully saturated rings. The van der Waals surface area contributed by atoms with Crippen molar-refractivity contribution in [1.29, 1.82) is 0 Å². The average Bonchev–Trinajstić information content (AvgIpc) is 2.74. The summed E-state index contributed by atoms with van der Waals surface area (Å²) in [6.45, 7) is 1.14. The normalized spacial score (nSPS) is 20.8. The Bertz CT molecular complexity index is 511. The van der Waals surface area contributed by atoms with Gasteiger partial charge in [-0.05, 0) is 31.5 Å². The minimum atomic E-state index is 0.579. The second-order valence-corrected chi connectivity index (χ2v) is 4.78. The molecule has 2 aromatic heterocycles. The van der Waals surface area contributed by atoms with E-state index in [1.165, 1.54) is 19.3 Å². The van der Waals surface area contributed by atoms with E-state index < -0.39 is 0 Å². The molecule has 0 bridgehead atoms. The van der Waals surface area contributed by atoms with Crippen LogP contribution in [0.15, 0.2) is 24.5 Å². The molecule has 2 aromatic rings. The first-order valence-electron chi connectivity index (χ1n) is 6.28. The summed E-state index contributed by atoms with van der Waals surface area (Å²) in [7, 11) is 0. The average molecular weight is 230 g/mol. The minimum Gasteiger partial charge on any atom is -0.396 e. The van der Waals surface area contributed by atoms with Crippen LogP contribution in [0.5, 0.6) is 0 Å². The minimum absolute atomic E-state index is 0.579. The van der Waals surface area contributed by atoms with Crippen molar-refractivity contribution in [3.63, 3.8) is 0 Å². The predicted octanol–water partition coefficient (Wildman–Crippen LogP) is 1.60. The molecule has 0 radical (unpaired) electrons. The molecule has 0 amide bonds. The summed E-state index contributed by atoms with van der Waals surface area (Å²) < 4.78 is 2.01. The zero-order valence-corrected chi connectivity index (χ0v) is 9.89. The van der Waals surface area contributed by atoms with Gasteiger partial charge in [-0.25, -0.2) is 4.98 Å². The Morgan fingerprint density at radius 1 is 1.47 bits per heavy atom. The first-order valence-corrected chi connectivity index (χ1v) is 6.28. The molecule has 0 aromatic carbocycles. The summed E-state index contributed by atoms with van der Waals surface area (Å²) >= 11 is 0. The van der Waals surface area contributed by atoms with E-state index in [4.69, 9.17) is 5.73 Å². The van der Waals surface area contributed by atoms with Gasteiger partial charge in [0.05, 0.1) is 11.4 Å². The first kappa shape index (κ1) is 10.6. The molecule has 17 heavy (non-hydrogen) atoms. The molecule has 4 nitrogen and oxygen atoms in total. The highest BCUT2D eigenvalue weighted by molar-refractivity contribution is 5.64. The summed E-state index contributed by atoms with van der Waals surface area (Å²) in [6, 6.07) is 4.42. The molecule has 3 rings (SSSR count). The number of fused-ring (bicyclic) bond motifs is 1. The second kappa shape index (κ2) is 4.37. The van der Waals surface area contributed by atoms with E-state index in [2.05, 4.69) is 16.5 Å². The summed E-state index contributed by atoms with van der Waals surface area (Å²) in [5, 5.41) is 3.55. The molecular weight excluding hydrogens is 212 g/mol. The van der Waals surface area contributed by atoms with Crippen molar-refractivity contribution in [3.8, 4) is 0 Å². The van der Waals surface area contributed by atoms with Gasteiger partial charge in [-0.3, -0.25) is 0 Å². The van der Waals surface area contributed by atoms with Crippen LogP contribution in [0.4, 0.5) is 5.69 Å². The number of piperidine rings is 1. The number of anilines is 1. The summed E-state index contributed by atoms with van der Waals surface area (Å²) in [5.41, 5.74) is 8.65. The standard InChI is InChI=1S/C13H18N4/c14-12-5-3-7-17-9-11(16-13(12)17)8-10-4-1-2-6-15-10/h3,5,7,9-10,15H,1-2,4,6,8,14H2. The number of nitrogens with zero attached hydrogens (tertiary/aromatic N) is 2. The molecule has 1 aliphatic heterocycles. The third-order valence-corrected chi connectivity index (χ3v) is 3.43. The highest BCUT2D eigenvalue weighted by Crippen LogP contribution is 2.16. The highest BCUT2D eigenvalue weighted by atomic mass is 15.0. The van der Waals surface area contributed by atoms with Crippen molar-refractivity contribution < 1.29 is 0 Å². The lowest BCUT2D eigenvalue weighted by molar-refractivity contribution is 0.397. The lowest BCUT2D eigenvalue weighted by Gasteiger charge is -2.22. The van der Waals surface area contributed by atoms with E-state index >= 15 is 0 Å². The van der Waals surface area contributed by atoms with Crippen LogP contribution < -0.4 is 11.1 Å². The monoisotopic (exact) mass is 230 g/mol. The Kier molecular flexibility index (Phi) is 2.73. The van der Waals surface area contributed by atoms with E-state index in [1.54, 1.807) is 0 Å². The number of pyridine rings is 1. The molecule has 1 saturated heterocycles. The van der Waals surface area contributed by atoms with Crippen molar-refractivity contribution >= 4 is 11.3 Å². The van der Waals surface area contributed by atoms with Gasteiger partial charge in [-0.2, -0.15) is 0 Å². The maximum absolute atomic E-state index is 5.90. The maximum Gasteiger partial charge on any atom is 0.160 e. The number of rotatable bonds is 2. The van der Waals surface area contributed by atoms with Crippen molar-refractivity contribution in [2.24, 2.45) is 0 Å². The van der Waals surface area contributed by atoms with Crippen LogP contribution >= 0.6 is 0 Å². The summed E-state index contributed by atoms with van der Waals surface area (Å²) in [4.78, 5) is 4.60. The fourth-order valence-electron chi connectivity index (χ4n) is 2.53. The summed E-state index contributed by atoms with van der Waals surface area (Å²) in [5.74, 6) is 0. The fourth-order valence-corrected chi connectivity index (χ4v) is 2.53. The quantitative estimate of drug-likeness (QED) is 0.824. The fraction of sp³-hybridized carbons (Fsp3) is 0.462. The van der Waals surface area contributed by atoms with Crippen molar-refractivity contribution in [2.75, 3.05) is 12.3 Å². The maximum atomic E-state index is 5.90. The smallest absolute Gasteiger partial charge is 0.160 e. The Morgan fingerprint density at radius 3 is 3.18 bits per heavy atom. The number of nitrogen functional groups attached to an aromatic ring is 1. The lowest BCUT2D eigenvalue weighted by Crippen LogP contribution is -2.35. The molecular formula is C13H18N4. The van der Waals surface area contributed by atoms with Crippen molar-refractivity contribution in [1.82, 2.24) is 14.7 Å². The Morgan fingerprint density at radius 2 is 2.41 bits per heavy atom. The van der Waals surface area contributed by atoms with Crippen LogP contribution in [0.3, 0.4) is 0 Å². The van der Waals surface area contributed by atoms with E-state index in [1.807, 2.05) is 22.7 Å². The van der Waals surface area contributed by atoms with Gasteiger partial charge in [0.2, 0.25) is 0 Å². The molecule has 0 aliphatic carbocycles. The molecule has 1 unspecified atom stereocenters. The van der Waals surface area contributed by atoms with Crippen molar-refractivity contribution in [3.05, 3.63) is 30.2 Å². The Labute approximate surface area is 101 Å². The third kappa shape index (κ3) is 2.13. The number of hydrogen-bond acceptors (Lipinski definition) is 3. The van der Waals surface area contributed by atoms with Crippen LogP contribution in [-0.4, -0.2) is 22.0 Å². The lowest BCUT2D eigenvalue weighted by atomic mass is 10.0. The SMILES string of the molecule is Nc1cccn2cc(CC3CCCCN3)nc12. The van der Waals surface area contributed by atoms with Gasteiger partial charge < -0.3 is 15.5 Å². The van der Waals surface area contributed by atoms with E-state index in [0.717, 1.165) is 30.0 Å². The molecule has 3 heterocycles. The number of nitrogens with one attached hydrogen (secondary N) is 1. The number of hydrogen-bond donors (Lipinski definition) is 2. The van der Waals surface area contributed by atoms with Crippen molar-refractivity contribution in [2.45, 2.75) is 31.7 Å². The van der Waals surface area contributed by atoms with E-state index in [-0.39, 0.29) is 0 Å². The Balaban J connectivity index is 1.83. The van der Waals surface area contributed by atoms with Crippen LogP contribution in [-0.2, 0) is 6.42 Å². The largest absolute Gasteiger partial charge is 0.396 e. The molecule has 90 valence electrons. The first-order chi connectivity index (χ1) is 8.33. The van der Waals surface area contributed by atoms with Crippen LogP contribution in [0.1, 0.15) is 25.0 Å². The predicted molar refractivity (Wildman–Crippen MR) is 69.0 cm³/mol. The molecule has 4 heteroatoms. The molecule has 1 aliphatic rings. The molecule has 1 atom stereocenters. The van der Waals surface area contributed by atoms with Gasteiger partial charge in [0.15, 0.2) is 5.65 Å². The van der Waals surface area contributed by atoms with Gasteiger partial charge in [0.1, 0.15) is 0 Å². The van der Waals surface area contributed by atoms with Crippen LogP contribution in [0.25, 0.3) is 5.65 Å². The number of aromatic nitrogens is 2. The van der Waals surface area contributed by atoms with E-state index in [9.17, 15) is 0 Å². The zero-order chi connectivity index (χ0) is 11.7. The molecule has 0 saturated carbocycles. The number of imidazole rings is 1. The number of nitrogens with two attached hydrogens (primary N) is 1. The topological polar surface area (TPSA) is 55.4 Å². The molecule has 0 spiro atoms. The second-order valence-electron chi connectivity index (χ2n) is 4.78. The van der Waals surface area contributed by atoms with Gasteiger partial charge in [-0.15, -0.1) is 0 Å². The van der Waals surface area contributed by atoms with Gasteiger partial charge in [0.25, 0.3) is 0 Å². The third-order valence-electron chi connectivity index (χ3n) is 3.43. The summed E-state index contributed by atoms with van der Waals surface area (Å²) in [6.07, 6.45) is 8.96. The van der Waals surface area contributed by atoms with Gasteiger partial charge in [0, 0.05) is 24.9 Å². The highest BCUT2D eigenvalue weighted by Gasteiger charge is 2.14. The molecule has 3 N–H and O–H groups in total. The van der Waals surface area contributed by atoms with Crippen LogP contribution in [0.2, 0.25) is 0 Å². The zero-order valence-electron chi connectivity index (χ0n) is 9.89. The Hall–Kier alpha value is -1.55. The van der Waals surface area contributed by atoms with Crippen LogP contribution in [0, 0.1) is 0 Å². The van der Waals surface area contributed by atoms with Gasteiger partial charge in [-0.1, -0.05) is 6.42 Å². The van der Waals surface area contributed by atoms with E-state index in [0.29, 0.717) is 6.04 Å².